The van der Waals surface area contributed by atoms with Gasteiger partial charge in [0.2, 0.25) is 0 Å². The van der Waals surface area contributed by atoms with Crippen LogP contribution in [0.2, 0.25) is 0 Å². The molecular formula is C18H23N5OS. The largest absolute Gasteiger partial charge is 0.366 e. The fraction of sp³-hybridized carbons (Fsp3) is 0.556. The summed E-state index contributed by atoms with van der Waals surface area (Å²) in [4.78, 5) is 26.4. The molecule has 25 heavy (non-hydrogen) atoms. The fourth-order valence-electron chi connectivity index (χ4n) is 4.23. The Hall–Kier alpha value is -1.73. The van der Waals surface area contributed by atoms with Crippen LogP contribution in [0.3, 0.4) is 0 Å². The van der Waals surface area contributed by atoms with Crippen molar-refractivity contribution < 1.29 is 4.79 Å². The van der Waals surface area contributed by atoms with E-state index in [9.17, 15) is 4.79 Å². The number of amidine groups is 1. The van der Waals surface area contributed by atoms with Gasteiger partial charge in [-0.3, -0.25) is 9.79 Å². The average molecular weight is 357 g/mol. The number of nitrogens with zero attached hydrogens (tertiary/aromatic N) is 3. The molecule has 1 amide bonds. The van der Waals surface area contributed by atoms with E-state index >= 15 is 0 Å². The predicted molar refractivity (Wildman–Crippen MR) is 104 cm³/mol. The summed E-state index contributed by atoms with van der Waals surface area (Å²) < 4.78 is 0. The van der Waals surface area contributed by atoms with Crippen molar-refractivity contribution in [1.82, 2.24) is 5.32 Å². The molecule has 4 aliphatic rings. The molecular weight excluding hydrogens is 334 g/mol. The molecule has 132 valence electrons. The van der Waals surface area contributed by atoms with E-state index in [1.54, 1.807) is 6.08 Å². The van der Waals surface area contributed by atoms with Gasteiger partial charge in [0.05, 0.1) is 17.3 Å². The predicted octanol–water partition coefficient (Wildman–Crippen LogP) is 1.48. The van der Waals surface area contributed by atoms with E-state index in [4.69, 9.17) is 15.7 Å². The third kappa shape index (κ3) is 2.79. The van der Waals surface area contributed by atoms with E-state index in [1.807, 2.05) is 18.5 Å². The first-order valence-corrected chi connectivity index (χ1v) is 10.1. The third-order valence-corrected chi connectivity index (χ3v) is 6.09. The molecule has 1 saturated heterocycles. The second-order valence-electron chi connectivity index (χ2n) is 6.99. The molecule has 3 atom stereocenters. The van der Waals surface area contributed by atoms with Crippen molar-refractivity contribution in [1.29, 1.82) is 0 Å². The van der Waals surface area contributed by atoms with E-state index in [2.05, 4.69) is 10.3 Å². The summed E-state index contributed by atoms with van der Waals surface area (Å²) in [6, 6.07) is 0.156. The van der Waals surface area contributed by atoms with Gasteiger partial charge in [0.25, 0.3) is 5.91 Å². The summed E-state index contributed by atoms with van der Waals surface area (Å²) in [7, 11) is 0. The van der Waals surface area contributed by atoms with Gasteiger partial charge in [-0.25, -0.2) is 9.98 Å². The molecule has 3 heterocycles. The van der Waals surface area contributed by atoms with Crippen LogP contribution in [-0.2, 0) is 4.79 Å². The first-order valence-electron chi connectivity index (χ1n) is 8.83. The molecule has 6 nitrogen and oxygen atoms in total. The minimum absolute atomic E-state index is 0.156. The summed E-state index contributed by atoms with van der Waals surface area (Å²) in [5, 5.41) is 4.25. The Morgan fingerprint density at radius 3 is 3.08 bits per heavy atom. The number of rotatable bonds is 2. The minimum atomic E-state index is -0.587. The number of amides is 1. The van der Waals surface area contributed by atoms with E-state index in [-0.39, 0.29) is 6.04 Å². The van der Waals surface area contributed by atoms with Crippen LogP contribution >= 0.6 is 11.8 Å². The molecule has 0 radical (unpaired) electrons. The van der Waals surface area contributed by atoms with Crippen LogP contribution in [0.1, 0.15) is 25.7 Å². The number of primary amides is 1. The molecule has 1 fully saturated rings. The quantitative estimate of drug-likeness (QED) is 0.784. The second kappa shape index (κ2) is 6.53. The van der Waals surface area contributed by atoms with Gasteiger partial charge in [0.1, 0.15) is 5.54 Å². The molecule has 0 saturated carbocycles. The molecule has 3 N–H and O–H groups in total. The van der Waals surface area contributed by atoms with E-state index in [0.29, 0.717) is 11.5 Å². The molecule has 3 aliphatic heterocycles. The Morgan fingerprint density at radius 1 is 1.40 bits per heavy atom. The van der Waals surface area contributed by atoms with Crippen molar-refractivity contribution in [3.63, 3.8) is 0 Å². The van der Waals surface area contributed by atoms with Crippen molar-refractivity contribution in [3.8, 4) is 0 Å². The Labute approximate surface area is 151 Å². The first-order chi connectivity index (χ1) is 12.1. The summed E-state index contributed by atoms with van der Waals surface area (Å²) in [6.07, 6.45) is 11.9. The standard InChI is InChI=1S/C18H23N5OS/c1-25-17-21-10-12-5-6-13(16(19)24)15-18(12,23-17)8-14(22-15)11-4-2-3-7-20-9-11/h5-6,10-11,14,20H,2-4,7-9H2,1H3,(H2,19,24). The van der Waals surface area contributed by atoms with Gasteiger partial charge in [-0.1, -0.05) is 24.3 Å². The lowest BCUT2D eigenvalue weighted by Crippen LogP contribution is -2.45. The van der Waals surface area contributed by atoms with Gasteiger partial charge in [0, 0.05) is 18.2 Å². The number of hydrogen-bond donors (Lipinski definition) is 2. The molecule has 0 bridgehead atoms. The van der Waals surface area contributed by atoms with Crippen LogP contribution in [0.4, 0.5) is 0 Å². The maximum absolute atomic E-state index is 12.0. The fourth-order valence-corrected chi connectivity index (χ4v) is 4.63. The summed E-state index contributed by atoms with van der Waals surface area (Å²) in [6.45, 7) is 2.04. The highest BCUT2D eigenvalue weighted by Crippen LogP contribution is 2.44. The Kier molecular flexibility index (Phi) is 4.37. The number of hydrogen-bond acceptors (Lipinski definition) is 6. The van der Waals surface area contributed by atoms with Gasteiger partial charge in [-0.05, 0) is 44.2 Å². The van der Waals surface area contributed by atoms with Gasteiger partial charge in [-0.15, -0.1) is 0 Å². The summed E-state index contributed by atoms with van der Waals surface area (Å²) in [5.74, 6) is 0.0358. The van der Waals surface area contributed by atoms with Gasteiger partial charge < -0.3 is 11.1 Å². The second-order valence-corrected chi connectivity index (χ2v) is 7.77. The maximum atomic E-state index is 12.0. The highest BCUT2D eigenvalue weighted by atomic mass is 32.2. The molecule has 7 heteroatoms. The van der Waals surface area contributed by atoms with Gasteiger partial charge >= 0.3 is 0 Å². The Bertz CT molecular complexity index is 743. The number of carbonyl (C=O) groups is 1. The van der Waals surface area contributed by atoms with E-state index < -0.39 is 11.4 Å². The Morgan fingerprint density at radius 2 is 2.28 bits per heavy atom. The number of thioether (sulfide) groups is 1. The van der Waals surface area contributed by atoms with E-state index in [1.165, 1.54) is 24.6 Å². The van der Waals surface area contributed by atoms with Crippen LogP contribution in [0.25, 0.3) is 0 Å². The SMILES string of the molecule is CSC1=NC23CC(C4CCCCNC4)N=C2C(C(N)=O)=CC=C3C=N1. The van der Waals surface area contributed by atoms with Crippen molar-refractivity contribution in [2.45, 2.75) is 37.3 Å². The lowest BCUT2D eigenvalue weighted by Gasteiger charge is -2.34. The summed E-state index contributed by atoms with van der Waals surface area (Å²) in [5.41, 5.74) is 7.30. The molecule has 1 aliphatic carbocycles. The normalized spacial score (nSPS) is 34.1. The number of nitrogens with two attached hydrogens (primary N) is 1. The first kappa shape index (κ1) is 16.7. The van der Waals surface area contributed by atoms with Gasteiger partial charge in [0.15, 0.2) is 5.17 Å². The zero-order valence-corrected chi connectivity index (χ0v) is 15.2. The molecule has 0 aromatic heterocycles. The van der Waals surface area contributed by atoms with Gasteiger partial charge in [-0.2, -0.15) is 0 Å². The maximum Gasteiger partial charge on any atom is 0.250 e. The smallest absolute Gasteiger partial charge is 0.250 e. The molecule has 0 aromatic carbocycles. The minimum Gasteiger partial charge on any atom is -0.366 e. The van der Waals surface area contributed by atoms with E-state index in [0.717, 1.165) is 42.4 Å². The zero-order chi connectivity index (χ0) is 17.4. The molecule has 0 aromatic rings. The van der Waals surface area contributed by atoms with Crippen molar-refractivity contribution in [2.75, 3.05) is 19.3 Å². The average Bonchev–Trinajstić information content (AvgIpc) is 2.80. The highest BCUT2D eigenvalue weighted by molar-refractivity contribution is 8.13. The van der Waals surface area contributed by atoms with Crippen LogP contribution in [0, 0.1) is 5.92 Å². The highest BCUT2D eigenvalue weighted by Gasteiger charge is 2.51. The monoisotopic (exact) mass is 357 g/mol. The lowest BCUT2D eigenvalue weighted by atomic mass is 9.75. The van der Waals surface area contributed by atoms with Crippen molar-refractivity contribution >= 4 is 34.8 Å². The molecule has 1 spiro atoms. The number of carbonyl (C=O) groups excluding carboxylic acids is 1. The third-order valence-electron chi connectivity index (χ3n) is 5.53. The topological polar surface area (TPSA) is 92.2 Å². The number of allylic oxidation sites excluding steroid dienone is 2. The number of nitrogens with one attached hydrogen (secondary N) is 1. The molecule has 3 unspecified atom stereocenters. The van der Waals surface area contributed by atoms with Crippen molar-refractivity contribution in [3.05, 3.63) is 23.3 Å². The number of aliphatic imine (C=N–C) groups is 3. The Balaban J connectivity index is 1.76. The van der Waals surface area contributed by atoms with Crippen LogP contribution in [-0.4, -0.2) is 53.9 Å². The van der Waals surface area contributed by atoms with Crippen LogP contribution < -0.4 is 11.1 Å². The summed E-state index contributed by atoms with van der Waals surface area (Å²) >= 11 is 1.52. The van der Waals surface area contributed by atoms with Crippen LogP contribution in [0.15, 0.2) is 38.3 Å². The molecule has 4 rings (SSSR count). The van der Waals surface area contributed by atoms with Crippen molar-refractivity contribution in [2.24, 2.45) is 26.6 Å². The zero-order valence-electron chi connectivity index (χ0n) is 14.4. The lowest BCUT2D eigenvalue weighted by molar-refractivity contribution is -0.114. The van der Waals surface area contributed by atoms with Crippen LogP contribution in [0.5, 0.6) is 0 Å².